The minimum absolute atomic E-state index is 0.336. The molecule has 4 aromatic rings. The summed E-state index contributed by atoms with van der Waals surface area (Å²) in [6.07, 6.45) is 0. The van der Waals surface area contributed by atoms with Crippen LogP contribution in [0.5, 0.6) is 0 Å². The third kappa shape index (κ3) is 1.98. The van der Waals surface area contributed by atoms with Crippen LogP contribution < -0.4 is 5.73 Å². The zero-order chi connectivity index (χ0) is 14.9. The summed E-state index contributed by atoms with van der Waals surface area (Å²) >= 11 is 0. The molecular formula is C16H12N6. The number of nitrogen functional groups attached to an aromatic ring is 1. The number of benzene rings is 2. The average molecular weight is 288 g/mol. The number of nitrogens with two attached hydrogens (primary N) is 1. The van der Waals surface area contributed by atoms with Crippen molar-refractivity contribution in [3.05, 3.63) is 54.6 Å². The van der Waals surface area contributed by atoms with Crippen LogP contribution in [0.4, 0.5) is 5.82 Å². The van der Waals surface area contributed by atoms with Crippen LogP contribution in [-0.4, -0.2) is 25.4 Å². The van der Waals surface area contributed by atoms with Crippen molar-refractivity contribution >= 4 is 16.7 Å². The van der Waals surface area contributed by atoms with E-state index in [4.69, 9.17) is 5.73 Å². The van der Waals surface area contributed by atoms with Crippen LogP contribution >= 0.6 is 0 Å². The van der Waals surface area contributed by atoms with Crippen molar-refractivity contribution in [1.29, 1.82) is 0 Å². The van der Waals surface area contributed by atoms with Crippen LogP contribution in [0.3, 0.4) is 0 Å². The van der Waals surface area contributed by atoms with Crippen LogP contribution in [0.2, 0.25) is 0 Å². The number of nitrogens with zero attached hydrogens (tertiary/aromatic N) is 4. The lowest BCUT2D eigenvalue weighted by atomic mass is 10.1. The first-order chi connectivity index (χ1) is 10.8. The van der Waals surface area contributed by atoms with Gasteiger partial charge < -0.3 is 5.73 Å². The first-order valence-electron chi connectivity index (χ1n) is 6.82. The van der Waals surface area contributed by atoms with Gasteiger partial charge in [-0.2, -0.15) is 5.10 Å². The van der Waals surface area contributed by atoms with Crippen LogP contribution in [0.1, 0.15) is 0 Å². The van der Waals surface area contributed by atoms with E-state index in [-0.39, 0.29) is 0 Å². The summed E-state index contributed by atoms with van der Waals surface area (Å²) in [6.45, 7) is 0. The van der Waals surface area contributed by atoms with E-state index in [9.17, 15) is 0 Å². The van der Waals surface area contributed by atoms with E-state index in [0.717, 1.165) is 16.5 Å². The molecule has 6 heteroatoms. The number of hydrogen-bond acceptors (Lipinski definition) is 5. The van der Waals surface area contributed by atoms with Crippen molar-refractivity contribution in [3.63, 3.8) is 0 Å². The number of nitrogens with one attached hydrogen (secondary N) is 1. The van der Waals surface area contributed by atoms with E-state index in [1.807, 2.05) is 54.6 Å². The Morgan fingerprint density at radius 1 is 0.818 bits per heavy atom. The lowest BCUT2D eigenvalue weighted by molar-refractivity contribution is 0.977. The normalized spacial score (nSPS) is 10.9. The Morgan fingerprint density at radius 2 is 1.59 bits per heavy atom. The summed E-state index contributed by atoms with van der Waals surface area (Å²) < 4.78 is 0. The van der Waals surface area contributed by atoms with Crippen molar-refractivity contribution in [2.45, 2.75) is 0 Å². The molecule has 2 aromatic carbocycles. The second-order valence-electron chi connectivity index (χ2n) is 4.85. The molecule has 0 amide bonds. The Kier molecular flexibility index (Phi) is 2.79. The van der Waals surface area contributed by atoms with Gasteiger partial charge in [0.1, 0.15) is 11.4 Å². The standard InChI is InChI=1S/C16H12N6/c17-15-13(10-6-2-1-3-7-10)20-22-16(18-15)14-11-8-4-5-9-12(11)19-21-14/h1-9H,(H,19,21)(H2,17,18,22). The minimum atomic E-state index is 0.336. The van der Waals surface area contributed by atoms with Gasteiger partial charge in [-0.15, -0.1) is 10.2 Å². The van der Waals surface area contributed by atoms with Crippen molar-refractivity contribution in [3.8, 4) is 22.8 Å². The highest BCUT2D eigenvalue weighted by molar-refractivity contribution is 5.91. The molecular weight excluding hydrogens is 276 g/mol. The van der Waals surface area contributed by atoms with E-state index in [0.29, 0.717) is 23.0 Å². The maximum absolute atomic E-state index is 6.05. The molecule has 106 valence electrons. The lowest BCUT2D eigenvalue weighted by Crippen LogP contribution is -2.02. The molecule has 0 saturated heterocycles. The molecule has 2 aromatic heterocycles. The number of para-hydroxylation sites is 1. The van der Waals surface area contributed by atoms with Gasteiger partial charge in [0.05, 0.1) is 5.52 Å². The predicted octanol–water partition coefficient (Wildman–Crippen LogP) is 2.66. The van der Waals surface area contributed by atoms with Gasteiger partial charge >= 0.3 is 0 Å². The molecule has 0 radical (unpaired) electrons. The fourth-order valence-electron chi connectivity index (χ4n) is 2.37. The summed E-state index contributed by atoms with van der Waals surface area (Å²) in [5.74, 6) is 0.748. The van der Waals surface area contributed by atoms with Gasteiger partial charge in [0.15, 0.2) is 5.82 Å². The fourth-order valence-corrected chi connectivity index (χ4v) is 2.37. The molecule has 3 N–H and O–H groups in total. The van der Waals surface area contributed by atoms with E-state index >= 15 is 0 Å². The molecule has 0 saturated carbocycles. The van der Waals surface area contributed by atoms with E-state index in [1.54, 1.807) is 0 Å². The maximum Gasteiger partial charge on any atom is 0.204 e. The number of fused-ring (bicyclic) bond motifs is 1. The number of anilines is 1. The van der Waals surface area contributed by atoms with Crippen molar-refractivity contribution in [2.24, 2.45) is 0 Å². The lowest BCUT2D eigenvalue weighted by Gasteiger charge is -2.04. The molecule has 0 bridgehead atoms. The number of H-pyrrole nitrogens is 1. The molecule has 6 nitrogen and oxygen atoms in total. The zero-order valence-electron chi connectivity index (χ0n) is 11.6. The quantitative estimate of drug-likeness (QED) is 0.591. The second-order valence-corrected chi connectivity index (χ2v) is 4.85. The third-order valence-electron chi connectivity index (χ3n) is 3.44. The van der Waals surface area contributed by atoms with E-state index in [2.05, 4.69) is 25.4 Å². The molecule has 0 fully saturated rings. The van der Waals surface area contributed by atoms with Crippen molar-refractivity contribution in [2.75, 3.05) is 5.73 Å². The maximum atomic E-state index is 6.05. The Morgan fingerprint density at radius 3 is 2.41 bits per heavy atom. The molecule has 0 unspecified atom stereocenters. The molecule has 0 atom stereocenters. The van der Waals surface area contributed by atoms with Crippen molar-refractivity contribution < 1.29 is 0 Å². The first kappa shape index (κ1) is 12.5. The number of aromatic amines is 1. The second kappa shape index (κ2) is 4.92. The smallest absolute Gasteiger partial charge is 0.204 e. The Labute approximate surface area is 126 Å². The topological polar surface area (TPSA) is 93.4 Å². The summed E-state index contributed by atoms with van der Waals surface area (Å²) in [7, 11) is 0. The molecule has 4 rings (SSSR count). The van der Waals surface area contributed by atoms with Crippen LogP contribution in [0.15, 0.2) is 54.6 Å². The summed E-state index contributed by atoms with van der Waals surface area (Å²) in [5.41, 5.74) is 9.08. The SMILES string of the molecule is Nc1nc(-c2n[nH]c3ccccc23)nnc1-c1ccccc1. The van der Waals surface area contributed by atoms with Gasteiger partial charge in [0.2, 0.25) is 5.82 Å². The molecule has 0 spiro atoms. The molecule has 0 aliphatic rings. The molecule has 0 aliphatic heterocycles. The highest BCUT2D eigenvalue weighted by Crippen LogP contribution is 2.26. The molecule has 0 aliphatic carbocycles. The Bertz CT molecular complexity index is 945. The average Bonchev–Trinajstić information content (AvgIpc) is 2.99. The fraction of sp³-hybridized carbons (Fsp3) is 0. The van der Waals surface area contributed by atoms with Gasteiger partial charge in [-0.3, -0.25) is 5.10 Å². The predicted molar refractivity (Wildman–Crippen MR) is 84.8 cm³/mol. The molecule has 2 heterocycles. The van der Waals surface area contributed by atoms with Gasteiger partial charge in [-0.1, -0.05) is 48.5 Å². The Hall–Kier alpha value is -3.28. The van der Waals surface area contributed by atoms with E-state index < -0.39 is 0 Å². The Balaban J connectivity index is 1.83. The van der Waals surface area contributed by atoms with Crippen LogP contribution in [0.25, 0.3) is 33.7 Å². The summed E-state index contributed by atoms with van der Waals surface area (Å²) in [6, 6.07) is 17.4. The largest absolute Gasteiger partial charge is 0.382 e. The van der Waals surface area contributed by atoms with Crippen molar-refractivity contribution in [1.82, 2.24) is 25.4 Å². The van der Waals surface area contributed by atoms with Gasteiger partial charge in [-0.05, 0) is 6.07 Å². The first-order valence-corrected chi connectivity index (χ1v) is 6.82. The third-order valence-corrected chi connectivity index (χ3v) is 3.44. The van der Waals surface area contributed by atoms with Crippen LogP contribution in [0, 0.1) is 0 Å². The summed E-state index contributed by atoms with van der Waals surface area (Å²) in [5, 5.41) is 16.6. The summed E-state index contributed by atoms with van der Waals surface area (Å²) in [4.78, 5) is 4.36. The van der Waals surface area contributed by atoms with Gasteiger partial charge in [-0.25, -0.2) is 4.98 Å². The van der Waals surface area contributed by atoms with Gasteiger partial charge in [0.25, 0.3) is 0 Å². The zero-order valence-corrected chi connectivity index (χ0v) is 11.6. The molecule has 22 heavy (non-hydrogen) atoms. The van der Waals surface area contributed by atoms with Gasteiger partial charge in [0, 0.05) is 10.9 Å². The number of hydrogen-bond donors (Lipinski definition) is 2. The highest BCUT2D eigenvalue weighted by Gasteiger charge is 2.14. The van der Waals surface area contributed by atoms with E-state index in [1.165, 1.54) is 0 Å². The number of aromatic nitrogens is 5. The highest BCUT2D eigenvalue weighted by atomic mass is 15.2. The van der Waals surface area contributed by atoms with Crippen LogP contribution in [-0.2, 0) is 0 Å². The number of rotatable bonds is 2. The minimum Gasteiger partial charge on any atom is -0.382 e. The monoisotopic (exact) mass is 288 g/mol.